The molecular weight excluding hydrogens is 302 g/mol. The Kier molecular flexibility index (Phi) is 5.85. The first-order valence-corrected chi connectivity index (χ1v) is 9.34. The maximum absolute atomic E-state index is 11.1. The summed E-state index contributed by atoms with van der Waals surface area (Å²) in [6, 6.07) is 5.39. The van der Waals surface area contributed by atoms with Crippen LogP contribution in [-0.2, 0) is 12.8 Å². The van der Waals surface area contributed by atoms with E-state index in [4.69, 9.17) is 5.73 Å². The van der Waals surface area contributed by atoms with Crippen molar-refractivity contribution in [1.82, 2.24) is 5.32 Å². The molecule has 132 valence electrons. The lowest BCUT2D eigenvalue weighted by Gasteiger charge is -2.35. The van der Waals surface area contributed by atoms with E-state index in [1.807, 2.05) is 6.07 Å². The first-order valence-electron chi connectivity index (χ1n) is 9.34. The summed E-state index contributed by atoms with van der Waals surface area (Å²) in [5.74, 6) is 2.10. The molecule has 1 fully saturated rings. The largest absolute Gasteiger partial charge is 0.330 e. The summed E-state index contributed by atoms with van der Waals surface area (Å²) >= 11 is 0. The molecule has 3 rings (SSSR count). The van der Waals surface area contributed by atoms with Crippen LogP contribution in [-0.4, -0.2) is 24.6 Å². The standard InChI is InChI=1S/C19H29N3O2/c20-8-5-17(11-14-6-9-21-10-7-14)16-2-1-15-3-4-19(22(23)24)13-18(15)12-16/h3-4,13-14,16-17,21H,1-2,5-12,20H2. The molecule has 2 aliphatic rings. The van der Waals surface area contributed by atoms with Gasteiger partial charge in [-0.15, -0.1) is 0 Å². The second kappa shape index (κ2) is 8.08. The lowest BCUT2D eigenvalue weighted by atomic mass is 9.72. The molecule has 1 saturated heterocycles. The molecule has 0 radical (unpaired) electrons. The molecule has 0 spiro atoms. The van der Waals surface area contributed by atoms with Crippen LogP contribution < -0.4 is 11.1 Å². The Labute approximate surface area is 144 Å². The Hall–Kier alpha value is -1.46. The van der Waals surface area contributed by atoms with Crippen molar-refractivity contribution >= 4 is 5.69 Å². The minimum atomic E-state index is -0.281. The van der Waals surface area contributed by atoms with Gasteiger partial charge < -0.3 is 11.1 Å². The molecular formula is C19H29N3O2. The third kappa shape index (κ3) is 4.14. The zero-order valence-electron chi connectivity index (χ0n) is 14.4. The van der Waals surface area contributed by atoms with Crippen LogP contribution in [0.15, 0.2) is 18.2 Å². The van der Waals surface area contributed by atoms with E-state index in [-0.39, 0.29) is 10.6 Å². The van der Waals surface area contributed by atoms with E-state index >= 15 is 0 Å². The Balaban J connectivity index is 1.70. The van der Waals surface area contributed by atoms with Gasteiger partial charge in [-0.3, -0.25) is 10.1 Å². The van der Waals surface area contributed by atoms with Crippen LogP contribution in [0.2, 0.25) is 0 Å². The number of rotatable bonds is 6. The van der Waals surface area contributed by atoms with Crippen molar-refractivity contribution in [2.24, 2.45) is 23.5 Å². The molecule has 5 heteroatoms. The van der Waals surface area contributed by atoms with Crippen LogP contribution in [0.4, 0.5) is 5.69 Å². The number of nitrogens with zero attached hydrogens (tertiary/aromatic N) is 1. The van der Waals surface area contributed by atoms with Crippen LogP contribution in [0.25, 0.3) is 0 Å². The third-order valence-electron chi connectivity index (χ3n) is 5.97. The number of hydrogen-bond donors (Lipinski definition) is 2. The molecule has 0 saturated carbocycles. The van der Waals surface area contributed by atoms with Crippen LogP contribution >= 0.6 is 0 Å². The summed E-state index contributed by atoms with van der Waals surface area (Å²) < 4.78 is 0. The molecule has 5 nitrogen and oxygen atoms in total. The van der Waals surface area contributed by atoms with Gasteiger partial charge in [-0.25, -0.2) is 0 Å². The predicted octanol–water partition coefficient (Wildman–Crippen LogP) is 3.05. The van der Waals surface area contributed by atoms with Crippen molar-refractivity contribution in [3.8, 4) is 0 Å². The highest BCUT2D eigenvalue weighted by Gasteiger charge is 2.29. The smallest absolute Gasteiger partial charge is 0.269 e. The highest BCUT2D eigenvalue weighted by Crippen LogP contribution is 2.37. The van der Waals surface area contributed by atoms with Gasteiger partial charge in [0.25, 0.3) is 5.69 Å². The molecule has 1 aromatic rings. The van der Waals surface area contributed by atoms with Crippen LogP contribution in [0, 0.1) is 27.9 Å². The first-order chi connectivity index (χ1) is 11.7. The van der Waals surface area contributed by atoms with Gasteiger partial charge in [-0.05, 0) is 93.5 Å². The average Bonchev–Trinajstić information content (AvgIpc) is 2.61. The van der Waals surface area contributed by atoms with Crippen molar-refractivity contribution in [2.75, 3.05) is 19.6 Å². The van der Waals surface area contributed by atoms with E-state index in [9.17, 15) is 10.1 Å². The fraction of sp³-hybridized carbons (Fsp3) is 0.684. The van der Waals surface area contributed by atoms with E-state index in [0.717, 1.165) is 44.8 Å². The minimum absolute atomic E-state index is 0.225. The SMILES string of the molecule is NCCC(CC1CCNCC1)C1CCc2ccc([N+](=O)[O-])cc2C1. The van der Waals surface area contributed by atoms with Crippen LogP contribution in [0.1, 0.15) is 43.2 Å². The van der Waals surface area contributed by atoms with Crippen molar-refractivity contribution in [3.05, 3.63) is 39.4 Å². The molecule has 1 aliphatic carbocycles. The second-order valence-electron chi connectivity index (χ2n) is 7.48. The number of piperidine rings is 1. The number of nitrogens with one attached hydrogen (secondary N) is 1. The molecule has 3 N–H and O–H groups in total. The van der Waals surface area contributed by atoms with E-state index < -0.39 is 0 Å². The number of benzene rings is 1. The number of non-ortho nitro benzene ring substituents is 1. The van der Waals surface area contributed by atoms with Gasteiger partial charge in [0.05, 0.1) is 4.92 Å². The maximum Gasteiger partial charge on any atom is 0.269 e. The summed E-state index contributed by atoms with van der Waals surface area (Å²) in [4.78, 5) is 10.8. The molecule has 1 aromatic carbocycles. The van der Waals surface area contributed by atoms with Crippen molar-refractivity contribution in [2.45, 2.75) is 44.9 Å². The Morgan fingerprint density at radius 1 is 1.25 bits per heavy atom. The van der Waals surface area contributed by atoms with Crippen molar-refractivity contribution < 1.29 is 4.92 Å². The summed E-state index contributed by atoms with van der Waals surface area (Å²) in [7, 11) is 0. The van der Waals surface area contributed by atoms with Gasteiger partial charge in [0.2, 0.25) is 0 Å². The maximum atomic E-state index is 11.1. The number of nitro benzene ring substituents is 1. The Morgan fingerprint density at radius 3 is 2.75 bits per heavy atom. The summed E-state index contributed by atoms with van der Waals surface area (Å²) in [6.07, 6.45) is 8.12. The minimum Gasteiger partial charge on any atom is -0.330 e. The van der Waals surface area contributed by atoms with Crippen LogP contribution in [0.5, 0.6) is 0 Å². The quantitative estimate of drug-likeness (QED) is 0.620. The lowest BCUT2D eigenvalue weighted by Crippen LogP contribution is -2.32. The molecule has 2 atom stereocenters. The van der Waals surface area contributed by atoms with Gasteiger partial charge in [0.1, 0.15) is 0 Å². The Morgan fingerprint density at radius 2 is 2.04 bits per heavy atom. The lowest BCUT2D eigenvalue weighted by molar-refractivity contribution is -0.384. The summed E-state index contributed by atoms with van der Waals surface area (Å²) in [5, 5.41) is 14.5. The number of aryl methyl sites for hydroxylation is 1. The predicted molar refractivity (Wildman–Crippen MR) is 96.0 cm³/mol. The van der Waals surface area contributed by atoms with Gasteiger partial charge in [-0.2, -0.15) is 0 Å². The molecule has 2 unspecified atom stereocenters. The molecule has 0 bridgehead atoms. The van der Waals surface area contributed by atoms with Crippen molar-refractivity contribution in [3.63, 3.8) is 0 Å². The van der Waals surface area contributed by atoms with Crippen molar-refractivity contribution in [1.29, 1.82) is 0 Å². The number of nitrogens with two attached hydrogens (primary N) is 1. The normalized spacial score (nSPS) is 22.8. The van der Waals surface area contributed by atoms with Gasteiger partial charge >= 0.3 is 0 Å². The molecule has 0 amide bonds. The van der Waals surface area contributed by atoms with Gasteiger partial charge in [0.15, 0.2) is 0 Å². The van der Waals surface area contributed by atoms with E-state index in [0.29, 0.717) is 11.8 Å². The second-order valence-corrected chi connectivity index (χ2v) is 7.48. The molecule has 1 aliphatic heterocycles. The molecule has 0 aromatic heterocycles. The zero-order chi connectivity index (χ0) is 16.9. The monoisotopic (exact) mass is 331 g/mol. The summed E-state index contributed by atoms with van der Waals surface area (Å²) in [5.41, 5.74) is 8.61. The van der Waals surface area contributed by atoms with Gasteiger partial charge in [-0.1, -0.05) is 6.07 Å². The third-order valence-corrected chi connectivity index (χ3v) is 5.97. The van der Waals surface area contributed by atoms with Gasteiger partial charge in [0, 0.05) is 12.1 Å². The van der Waals surface area contributed by atoms with E-state index in [1.54, 1.807) is 12.1 Å². The first kappa shape index (κ1) is 17.4. The van der Waals surface area contributed by atoms with Crippen LogP contribution in [0.3, 0.4) is 0 Å². The van der Waals surface area contributed by atoms with E-state index in [1.165, 1.54) is 36.8 Å². The number of hydrogen-bond acceptors (Lipinski definition) is 4. The highest BCUT2D eigenvalue weighted by molar-refractivity contribution is 5.41. The highest BCUT2D eigenvalue weighted by atomic mass is 16.6. The average molecular weight is 331 g/mol. The molecule has 1 heterocycles. The number of fused-ring (bicyclic) bond motifs is 1. The number of nitro groups is 1. The molecule has 24 heavy (non-hydrogen) atoms. The summed E-state index contributed by atoms with van der Waals surface area (Å²) in [6.45, 7) is 3.02. The van der Waals surface area contributed by atoms with E-state index in [2.05, 4.69) is 5.32 Å². The topological polar surface area (TPSA) is 81.2 Å². The Bertz CT molecular complexity index is 570. The fourth-order valence-corrected chi connectivity index (χ4v) is 4.59. The fourth-order valence-electron chi connectivity index (χ4n) is 4.59. The zero-order valence-corrected chi connectivity index (χ0v) is 14.4.